The molecular weight excluding hydrogens is 248 g/mol. The van der Waals surface area contributed by atoms with Gasteiger partial charge in [0.25, 0.3) is 0 Å². The zero-order chi connectivity index (χ0) is 13.9. The molecule has 0 radical (unpaired) electrons. The molecule has 0 aliphatic carbocycles. The molecule has 0 spiro atoms. The first-order valence-corrected chi connectivity index (χ1v) is 6.93. The lowest BCUT2D eigenvalue weighted by Gasteiger charge is -2.31. The van der Waals surface area contributed by atoms with E-state index in [0.717, 1.165) is 17.7 Å². The highest BCUT2D eigenvalue weighted by Crippen LogP contribution is 2.28. The molecule has 0 aromatic heterocycles. The van der Waals surface area contributed by atoms with E-state index in [9.17, 15) is 4.79 Å². The molecule has 20 heavy (non-hydrogen) atoms. The Morgan fingerprint density at radius 3 is 2.70 bits per heavy atom. The number of para-hydroxylation sites is 1. The quantitative estimate of drug-likeness (QED) is 0.908. The molecule has 0 atom stereocenters. The van der Waals surface area contributed by atoms with Crippen molar-refractivity contribution in [1.29, 1.82) is 0 Å². The summed E-state index contributed by atoms with van der Waals surface area (Å²) in [6.07, 6.45) is 0.863. The van der Waals surface area contributed by atoms with Crippen molar-refractivity contribution >= 4 is 11.7 Å². The van der Waals surface area contributed by atoms with Crippen molar-refractivity contribution in [3.8, 4) is 0 Å². The maximum absolute atomic E-state index is 12.1. The van der Waals surface area contributed by atoms with Crippen molar-refractivity contribution in [3.63, 3.8) is 0 Å². The van der Waals surface area contributed by atoms with E-state index >= 15 is 0 Å². The first kappa shape index (κ1) is 12.7. The average molecular weight is 266 g/mol. The first-order chi connectivity index (χ1) is 9.75. The molecule has 2 amide bonds. The number of aryl methyl sites for hydroxylation is 1. The minimum absolute atomic E-state index is 0.00253. The van der Waals surface area contributed by atoms with Gasteiger partial charge >= 0.3 is 6.03 Å². The molecule has 1 aliphatic rings. The van der Waals surface area contributed by atoms with Crippen molar-refractivity contribution in [3.05, 3.63) is 65.2 Å². The van der Waals surface area contributed by atoms with E-state index in [-0.39, 0.29) is 6.03 Å². The molecule has 3 nitrogen and oxygen atoms in total. The number of anilines is 1. The molecule has 3 heteroatoms. The van der Waals surface area contributed by atoms with Crippen molar-refractivity contribution in [1.82, 2.24) is 5.32 Å². The Morgan fingerprint density at radius 2 is 1.90 bits per heavy atom. The van der Waals surface area contributed by atoms with Crippen LogP contribution < -0.4 is 10.2 Å². The number of rotatable bonds is 3. The highest BCUT2D eigenvalue weighted by Gasteiger charge is 2.24. The molecule has 0 fully saturated rings. The van der Waals surface area contributed by atoms with E-state index in [1.165, 1.54) is 11.1 Å². The molecule has 0 unspecified atom stereocenters. The van der Waals surface area contributed by atoms with Crippen LogP contribution in [0.3, 0.4) is 0 Å². The third-order valence-electron chi connectivity index (χ3n) is 3.73. The molecule has 2 aromatic rings. The molecule has 3 rings (SSSR count). The lowest BCUT2D eigenvalue weighted by molar-refractivity contribution is 0.244. The number of carbonyl (C=O) groups is 1. The standard InChI is InChI=1S/C17H18N2O/c1-13-6-5-9-15-12-18-17(20)19(16(13)15)11-10-14-7-3-2-4-8-14/h2-9H,10-12H2,1H3,(H,18,20). The summed E-state index contributed by atoms with van der Waals surface area (Å²) in [6, 6.07) is 16.5. The van der Waals surface area contributed by atoms with Crippen molar-refractivity contribution in [2.24, 2.45) is 0 Å². The maximum Gasteiger partial charge on any atom is 0.322 e. The van der Waals surface area contributed by atoms with E-state index in [4.69, 9.17) is 0 Å². The Labute approximate surface area is 119 Å². The zero-order valence-corrected chi connectivity index (χ0v) is 11.6. The number of nitrogens with one attached hydrogen (secondary N) is 1. The Hall–Kier alpha value is -2.29. The van der Waals surface area contributed by atoms with Crippen LogP contribution in [0.5, 0.6) is 0 Å². The van der Waals surface area contributed by atoms with Gasteiger partial charge < -0.3 is 5.32 Å². The first-order valence-electron chi connectivity index (χ1n) is 6.93. The number of nitrogens with zero attached hydrogens (tertiary/aromatic N) is 1. The SMILES string of the molecule is Cc1cccc2c1N(CCc1ccccc1)C(=O)NC2. The van der Waals surface area contributed by atoms with Crippen LogP contribution in [0.1, 0.15) is 16.7 Å². The van der Waals surface area contributed by atoms with Crippen molar-refractivity contribution < 1.29 is 4.79 Å². The Kier molecular flexibility index (Phi) is 3.42. The van der Waals surface area contributed by atoms with Gasteiger partial charge in [0.1, 0.15) is 0 Å². The average Bonchev–Trinajstić information content (AvgIpc) is 2.48. The highest BCUT2D eigenvalue weighted by atomic mass is 16.2. The summed E-state index contributed by atoms with van der Waals surface area (Å²) in [6.45, 7) is 3.39. The molecule has 0 saturated heterocycles. The van der Waals surface area contributed by atoms with Gasteiger partial charge in [-0.2, -0.15) is 0 Å². The highest BCUT2D eigenvalue weighted by molar-refractivity contribution is 5.95. The van der Waals surface area contributed by atoms with Crippen LogP contribution in [0.2, 0.25) is 0 Å². The van der Waals surface area contributed by atoms with Crippen LogP contribution in [-0.4, -0.2) is 12.6 Å². The van der Waals surface area contributed by atoms with Gasteiger partial charge in [-0.05, 0) is 30.0 Å². The third kappa shape index (κ3) is 2.39. The second-order valence-electron chi connectivity index (χ2n) is 5.13. The van der Waals surface area contributed by atoms with Crippen LogP contribution in [0, 0.1) is 6.92 Å². The number of urea groups is 1. The minimum atomic E-state index is 0.00253. The molecule has 1 heterocycles. The van der Waals surface area contributed by atoms with Crippen LogP contribution in [-0.2, 0) is 13.0 Å². The minimum Gasteiger partial charge on any atom is -0.334 e. The van der Waals surface area contributed by atoms with Gasteiger partial charge in [-0.1, -0.05) is 48.5 Å². The van der Waals surface area contributed by atoms with Gasteiger partial charge in [0, 0.05) is 13.1 Å². The second kappa shape index (κ2) is 5.37. The van der Waals surface area contributed by atoms with E-state index in [1.54, 1.807) is 0 Å². The van der Waals surface area contributed by atoms with E-state index in [1.807, 2.05) is 29.2 Å². The van der Waals surface area contributed by atoms with Gasteiger partial charge in [-0.3, -0.25) is 4.90 Å². The molecular formula is C17H18N2O. The summed E-state index contributed by atoms with van der Waals surface area (Å²) < 4.78 is 0. The third-order valence-corrected chi connectivity index (χ3v) is 3.73. The molecule has 1 aliphatic heterocycles. The number of benzene rings is 2. The predicted molar refractivity (Wildman–Crippen MR) is 80.9 cm³/mol. The molecule has 102 valence electrons. The summed E-state index contributed by atoms with van der Waals surface area (Å²) in [5, 5.41) is 2.94. The molecule has 0 bridgehead atoms. The number of amides is 2. The maximum atomic E-state index is 12.1. The van der Waals surface area contributed by atoms with Gasteiger partial charge in [-0.15, -0.1) is 0 Å². The summed E-state index contributed by atoms with van der Waals surface area (Å²) in [5.41, 5.74) is 4.68. The topological polar surface area (TPSA) is 32.3 Å². The van der Waals surface area contributed by atoms with Crippen LogP contribution in [0.4, 0.5) is 10.5 Å². The van der Waals surface area contributed by atoms with Crippen LogP contribution in [0.25, 0.3) is 0 Å². The van der Waals surface area contributed by atoms with Gasteiger partial charge in [0.05, 0.1) is 5.69 Å². The normalized spacial score (nSPS) is 13.8. The van der Waals surface area contributed by atoms with Crippen LogP contribution >= 0.6 is 0 Å². The van der Waals surface area contributed by atoms with E-state index < -0.39 is 0 Å². The van der Waals surface area contributed by atoms with E-state index in [0.29, 0.717) is 13.1 Å². The van der Waals surface area contributed by atoms with Gasteiger partial charge in [-0.25, -0.2) is 4.79 Å². The lowest BCUT2D eigenvalue weighted by atomic mass is 10.0. The fourth-order valence-corrected chi connectivity index (χ4v) is 2.72. The van der Waals surface area contributed by atoms with Crippen LogP contribution in [0.15, 0.2) is 48.5 Å². The molecule has 2 aromatic carbocycles. The smallest absolute Gasteiger partial charge is 0.322 e. The Morgan fingerprint density at radius 1 is 1.10 bits per heavy atom. The number of hydrogen-bond acceptors (Lipinski definition) is 1. The van der Waals surface area contributed by atoms with Crippen molar-refractivity contribution in [2.75, 3.05) is 11.4 Å². The monoisotopic (exact) mass is 266 g/mol. The van der Waals surface area contributed by atoms with Gasteiger partial charge in [0.15, 0.2) is 0 Å². The summed E-state index contributed by atoms with van der Waals surface area (Å²) in [5.74, 6) is 0. The van der Waals surface area contributed by atoms with E-state index in [2.05, 4.69) is 36.5 Å². The summed E-state index contributed by atoms with van der Waals surface area (Å²) >= 11 is 0. The Bertz CT molecular complexity index is 622. The predicted octanol–water partition coefficient (Wildman–Crippen LogP) is 3.27. The molecule has 1 N–H and O–H groups in total. The Balaban J connectivity index is 1.84. The molecule has 0 saturated carbocycles. The largest absolute Gasteiger partial charge is 0.334 e. The fraction of sp³-hybridized carbons (Fsp3) is 0.235. The fourth-order valence-electron chi connectivity index (χ4n) is 2.72. The second-order valence-corrected chi connectivity index (χ2v) is 5.13. The number of carbonyl (C=O) groups excluding carboxylic acids is 1. The summed E-state index contributed by atoms with van der Waals surface area (Å²) in [7, 11) is 0. The number of fused-ring (bicyclic) bond motifs is 1. The number of hydrogen-bond donors (Lipinski definition) is 1. The van der Waals surface area contributed by atoms with Crippen molar-refractivity contribution in [2.45, 2.75) is 19.9 Å². The lowest BCUT2D eigenvalue weighted by Crippen LogP contribution is -2.45. The summed E-state index contributed by atoms with van der Waals surface area (Å²) in [4.78, 5) is 14.0. The zero-order valence-electron chi connectivity index (χ0n) is 11.6. The van der Waals surface area contributed by atoms with Gasteiger partial charge in [0.2, 0.25) is 0 Å².